The maximum atomic E-state index is 11.9. The zero-order chi connectivity index (χ0) is 17.4. The number of rotatable bonds is 3. The SMILES string of the molecule is COC(=O)c1cccc2nc([C@H]3CCN(C4CCN(C)CC4)C3)oc12. The van der Waals surface area contributed by atoms with Crippen LogP contribution >= 0.6 is 0 Å². The number of hydrogen-bond donors (Lipinski definition) is 0. The molecule has 4 rings (SSSR count). The summed E-state index contributed by atoms with van der Waals surface area (Å²) in [5.74, 6) is 0.673. The molecule has 2 aromatic rings. The minimum absolute atomic E-state index is 0.303. The Morgan fingerprint density at radius 1 is 1.24 bits per heavy atom. The van der Waals surface area contributed by atoms with E-state index in [1.807, 2.05) is 12.1 Å². The Balaban J connectivity index is 1.52. The number of hydrogen-bond acceptors (Lipinski definition) is 6. The molecule has 2 fully saturated rings. The minimum Gasteiger partial charge on any atom is -0.465 e. The number of likely N-dealkylation sites (tertiary alicyclic amines) is 2. The molecule has 3 heterocycles. The summed E-state index contributed by atoms with van der Waals surface area (Å²) in [5, 5.41) is 0. The highest BCUT2D eigenvalue weighted by atomic mass is 16.5. The Labute approximate surface area is 147 Å². The molecule has 0 amide bonds. The fourth-order valence-electron chi connectivity index (χ4n) is 4.09. The lowest BCUT2D eigenvalue weighted by atomic mass is 10.0. The van der Waals surface area contributed by atoms with Crippen molar-refractivity contribution in [3.05, 3.63) is 29.7 Å². The third-order valence-corrected chi connectivity index (χ3v) is 5.61. The molecule has 134 valence electrons. The molecule has 0 radical (unpaired) electrons. The first kappa shape index (κ1) is 16.5. The van der Waals surface area contributed by atoms with Crippen molar-refractivity contribution in [2.45, 2.75) is 31.2 Å². The largest absolute Gasteiger partial charge is 0.465 e. The second kappa shape index (κ2) is 6.77. The average Bonchev–Trinajstić information content (AvgIpc) is 3.28. The van der Waals surface area contributed by atoms with Crippen LogP contribution in [0.2, 0.25) is 0 Å². The maximum Gasteiger partial charge on any atom is 0.341 e. The summed E-state index contributed by atoms with van der Waals surface area (Å²) < 4.78 is 10.9. The molecule has 6 nitrogen and oxygen atoms in total. The Morgan fingerprint density at radius 3 is 2.80 bits per heavy atom. The van der Waals surface area contributed by atoms with Crippen molar-refractivity contribution in [1.82, 2.24) is 14.8 Å². The maximum absolute atomic E-state index is 11.9. The second-order valence-corrected chi connectivity index (χ2v) is 7.21. The topological polar surface area (TPSA) is 58.8 Å². The van der Waals surface area contributed by atoms with E-state index >= 15 is 0 Å². The van der Waals surface area contributed by atoms with Crippen molar-refractivity contribution < 1.29 is 13.9 Å². The predicted molar refractivity (Wildman–Crippen MR) is 94.8 cm³/mol. The molecule has 0 unspecified atom stereocenters. The van der Waals surface area contributed by atoms with Gasteiger partial charge in [-0.2, -0.15) is 0 Å². The summed E-state index contributed by atoms with van der Waals surface area (Å²) in [7, 11) is 3.58. The van der Waals surface area contributed by atoms with Crippen LogP contribution in [0, 0.1) is 0 Å². The Bertz CT molecular complexity index is 764. The number of nitrogens with zero attached hydrogens (tertiary/aromatic N) is 3. The minimum atomic E-state index is -0.382. The number of piperidine rings is 1. The Kier molecular flexibility index (Phi) is 4.48. The van der Waals surface area contributed by atoms with Gasteiger partial charge < -0.3 is 14.1 Å². The smallest absolute Gasteiger partial charge is 0.341 e. The fourth-order valence-corrected chi connectivity index (χ4v) is 4.09. The van der Waals surface area contributed by atoms with Gasteiger partial charge in [0.2, 0.25) is 0 Å². The van der Waals surface area contributed by atoms with E-state index in [-0.39, 0.29) is 5.97 Å². The van der Waals surface area contributed by atoms with Crippen molar-refractivity contribution in [2.24, 2.45) is 0 Å². The number of benzene rings is 1. The molecule has 2 aliphatic heterocycles. The van der Waals surface area contributed by atoms with E-state index in [1.54, 1.807) is 6.07 Å². The standard InChI is InChI=1S/C19H25N3O3/c1-21-9-7-14(8-10-21)22-11-6-13(12-22)18-20-16-5-3-4-15(17(16)25-18)19(23)24-2/h3-5,13-14H,6-12H2,1-2H3/t13-/m0/s1. The first-order valence-corrected chi connectivity index (χ1v) is 9.06. The van der Waals surface area contributed by atoms with Crippen LogP contribution < -0.4 is 0 Å². The van der Waals surface area contributed by atoms with Crippen LogP contribution in [0.25, 0.3) is 11.1 Å². The number of para-hydroxylation sites is 1. The molecule has 6 heteroatoms. The highest BCUT2D eigenvalue weighted by Gasteiger charge is 2.33. The van der Waals surface area contributed by atoms with Crippen LogP contribution in [0.3, 0.4) is 0 Å². The van der Waals surface area contributed by atoms with Gasteiger partial charge >= 0.3 is 5.97 Å². The molecule has 0 N–H and O–H groups in total. The van der Waals surface area contributed by atoms with E-state index in [2.05, 4.69) is 21.8 Å². The van der Waals surface area contributed by atoms with Gasteiger partial charge in [0.05, 0.1) is 7.11 Å². The molecule has 1 aromatic carbocycles. The van der Waals surface area contributed by atoms with Crippen LogP contribution in [-0.2, 0) is 4.74 Å². The lowest BCUT2D eigenvalue weighted by molar-refractivity contribution is 0.0601. The van der Waals surface area contributed by atoms with Crippen LogP contribution in [0.1, 0.15) is 41.4 Å². The number of carbonyl (C=O) groups excluding carboxylic acids is 1. The highest BCUT2D eigenvalue weighted by Crippen LogP contribution is 2.33. The first-order chi connectivity index (χ1) is 12.2. The van der Waals surface area contributed by atoms with Gasteiger partial charge in [0, 0.05) is 18.5 Å². The van der Waals surface area contributed by atoms with Crippen molar-refractivity contribution in [1.29, 1.82) is 0 Å². The van der Waals surface area contributed by atoms with Crippen LogP contribution in [0.15, 0.2) is 22.6 Å². The quantitative estimate of drug-likeness (QED) is 0.798. The van der Waals surface area contributed by atoms with E-state index in [9.17, 15) is 4.79 Å². The fraction of sp³-hybridized carbons (Fsp3) is 0.579. The lowest BCUT2D eigenvalue weighted by Gasteiger charge is -2.35. The molecular formula is C19H25N3O3. The van der Waals surface area contributed by atoms with Crippen LogP contribution in [0.4, 0.5) is 0 Å². The third-order valence-electron chi connectivity index (χ3n) is 5.61. The summed E-state index contributed by atoms with van der Waals surface area (Å²) in [4.78, 5) is 21.6. The molecule has 1 atom stereocenters. The molecule has 25 heavy (non-hydrogen) atoms. The molecule has 0 aliphatic carbocycles. The zero-order valence-corrected chi connectivity index (χ0v) is 14.9. The number of ether oxygens (including phenoxy) is 1. The van der Waals surface area contributed by atoms with Crippen LogP contribution in [0.5, 0.6) is 0 Å². The van der Waals surface area contributed by atoms with Gasteiger partial charge in [-0.05, 0) is 58.1 Å². The summed E-state index contributed by atoms with van der Waals surface area (Å²) in [6.45, 7) is 4.45. The third kappa shape index (κ3) is 3.16. The highest BCUT2D eigenvalue weighted by molar-refractivity contribution is 6.00. The number of methoxy groups -OCH3 is 1. The molecular weight excluding hydrogens is 318 g/mol. The van der Waals surface area contributed by atoms with Gasteiger partial charge in [0.15, 0.2) is 11.5 Å². The number of carbonyl (C=O) groups is 1. The number of esters is 1. The van der Waals surface area contributed by atoms with Gasteiger partial charge in [-0.25, -0.2) is 9.78 Å². The number of oxazole rings is 1. The Morgan fingerprint density at radius 2 is 2.04 bits per heavy atom. The van der Waals surface area contributed by atoms with Gasteiger partial charge in [0.1, 0.15) is 11.1 Å². The zero-order valence-electron chi connectivity index (χ0n) is 14.9. The van der Waals surface area contributed by atoms with Gasteiger partial charge in [-0.3, -0.25) is 4.90 Å². The summed E-state index contributed by atoms with van der Waals surface area (Å²) in [5.41, 5.74) is 1.72. The van der Waals surface area contributed by atoms with Crippen molar-refractivity contribution in [3.63, 3.8) is 0 Å². The van der Waals surface area contributed by atoms with Crippen molar-refractivity contribution in [2.75, 3.05) is 40.3 Å². The molecule has 0 saturated carbocycles. The van der Waals surface area contributed by atoms with Crippen molar-refractivity contribution >= 4 is 17.1 Å². The monoisotopic (exact) mass is 343 g/mol. The van der Waals surface area contributed by atoms with E-state index < -0.39 is 0 Å². The normalized spacial score (nSPS) is 23.4. The summed E-state index contributed by atoms with van der Waals surface area (Å²) >= 11 is 0. The second-order valence-electron chi connectivity index (χ2n) is 7.21. The van der Waals surface area contributed by atoms with E-state index in [4.69, 9.17) is 9.15 Å². The number of aromatic nitrogens is 1. The Hall–Kier alpha value is -1.92. The summed E-state index contributed by atoms with van der Waals surface area (Å²) in [6.07, 6.45) is 3.54. The van der Waals surface area contributed by atoms with Crippen LogP contribution in [-0.4, -0.2) is 67.1 Å². The first-order valence-electron chi connectivity index (χ1n) is 9.06. The molecule has 0 bridgehead atoms. The predicted octanol–water partition coefficient (Wildman–Crippen LogP) is 2.50. The van der Waals surface area contributed by atoms with E-state index in [0.717, 1.165) is 30.9 Å². The molecule has 2 aliphatic rings. The van der Waals surface area contributed by atoms with Gasteiger partial charge in [0.25, 0.3) is 0 Å². The lowest BCUT2D eigenvalue weighted by Crippen LogP contribution is -2.42. The summed E-state index contributed by atoms with van der Waals surface area (Å²) in [6, 6.07) is 6.11. The number of fused-ring (bicyclic) bond motifs is 1. The van der Waals surface area contributed by atoms with Gasteiger partial charge in [-0.15, -0.1) is 0 Å². The average molecular weight is 343 g/mol. The van der Waals surface area contributed by atoms with E-state index in [1.165, 1.54) is 33.0 Å². The van der Waals surface area contributed by atoms with E-state index in [0.29, 0.717) is 23.1 Å². The van der Waals surface area contributed by atoms with Gasteiger partial charge in [-0.1, -0.05) is 6.07 Å². The molecule has 2 saturated heterocycles. The van der Waals surface area contributed by atoms with Crippen molar-refractivity contribution in [3.8, 4) is 0 Å². The molecule has 1 aromatic heterocycles. The molecule has 0 spiro atoms.